The fourth-order valence-electron chi connectivity index (χ4n) is 2.15. The summed E-state index contributed by atoms with van der Waals surface area (Å²) in [4.78, 5) is 14.0. The number of hydrogen-bond donors (Lipinski definition) is 3. The summed E-state index contributed by atoms with van der Waals surface area (Å²) in [6, 6.07) is 0. The summed E-state index contributed by atoms with van der Waals surface area (Å²) in [6.45, 7) is 2.24. The van der Waals surface area contributed by atoms with Gasteiger partial charge < -0.3 is 30.6 Å². The van der Waals surface area contributed by atoms with Crippen LogP contribution in [0.25, 0.3) is 0 Å². The Kier molecular flexibility index (Phi) is 6.69. The Morgan fingerprint density at radius 2 is 2.10 bits per heavy atom. The standard InChI is InChI=1S/C12H24N4O4/c1-16-5-3-12(4-6-16,11(13)15-18)14-10(17)9-20-8-7-19-2/h18H,3-9H2,1-2H3,(H2,13,15)(H,14,17). The number of methoxy groups -OCH3 is 1. The molecule has 1 rings (SSSR count). The number of nitrogens with one attached hydrogen (secondary N) is 1. The van der Waals surface area contributed by atoms with Crippen LogP contribution in [-0.2, 0) is 14.3 Å². The fourth-order valence-corrected chi connectivity index (χ4v) is 2.15. The van der Waals surface area contributed by atoms with Crippen LogP contribution in [0.4, 0.5) is 0 Å². The van der Waals surface area contributed by atoms with Gasteiger partial charge in [-0.15, -0.1) is 0 Å². The van der Waals surface area contributed by atoms with Crippen LogP contribution >= 0.6 is 0 Å². The van der Waals surface area contributed by atoms with Gasteiger partial charge in [-0.1, -0.05) is 5.16 Å². The van der Waals surface area contributed by atoms with E-state index in [1.54, 1.807) is 7.11 Å². The number of hydrogen-bond acceptors (Lipinski definition) is 6. The van der Waals surface area contributed by atoms with E-state index in [0.29, 0.717) is 26.1 Å². The molecule has 0 saturated carbocycles. The van der Waals surface area contributed by atoms with Crippen LogP contribution in [0.1, 0.15) is 12.8 Å². The number of carbonyl (C=O) groups is 1. The minimum atomic E-state index is -0.789. The van der Waals surface area contributed by atoms with Crippen molar-refractivity contribution in [2.75, 3.05) is 47.1 Å². The third-order valence-corrected chi connectivity index (χ3v) is 3.48. The number of rotatable bonds is 7. The quantitative estimate of drug-likeness (QED) is 0.182. The van der Waals surface area contributed by atoms with Crippen LogP contribution in [0, 0.1) is 0 Å². The molecule has 0 aromatic rings. The van der Waals surface area contributed by atoms with Crippen LogP contribution in [0.15, 0.2) is 5.16 Å². The highest BCUT2D eigenvalue weighted by Gasteiger charge is 2.39. The van der Waals surface area contributed by atoms with Gasteiger partial charge in [0.1, 0.15) is 12.1 Å². The first-order valence-electron chi connectivity index (χ1n) is 6.58. The molecule has 1 heterocycles. The molecule has 1 saturated heterocycles. The molecule has 1 aliphatic rings. The maximum absolute atomic E-state index is 11.9. The van der Waals surface area contributed by atoms with Crippen LogP contribution in [0.5, 0.6) is 0 Å². The van der Waals surface area contributed by atoms with E-state index in [1.807, 2.05) is 7.05 Å². The Bertz CT molecular complexity index is 340. The number of piperidine rings is 1. The summed E-state index contributed by atoms with van der Waals surface area (Å²) in [7, 11) is 3.56. The van der Waals surface area contributed by atoms with Crippen molar-refractivity contribution in [2.45, 2.75) is 18.4 Å². The molecule has 1 fully saturated rings. The zero-order valence-electron chi connectivity index (χ0n) is 12.1. The summed E-state index contributed by atoms with van der Waals surface area (Å²) in [5.74, 6) is -0.243. The second-order valence-corrected chi connectivity index (χ2v) is 4.96. The minimum absolute atomic E-state index is 0.0378. The number of amides is 1. The Morgan fingerprint density at radius 1 is 1.45 bits per heavy atom. The molecule has 0 radical (unpaired) electrons. The Labute approximate surface area is 118 Å². The van der Waals surface area contributed by atoms with Crippen molar-refractivity contribution in [3.63, 3.8) is 0 Å². The normalized spacial score (nSPS) is 19.8. The molecule has 20 heavy (non-hydrogen) atoms. The molecule has 0 unspecified atom stereocenters. The van der Waals surface area contributed by atoms with Crippen molar-refractivity contribution in [1.82, 2.24) is 10.2 Å². The first-order valence-corrected chi connectivity index (χ1v) is 6.58. The van der Waals surface area contributed by atoms with Crippen molar-refractivity contribution in [3.05, 3.63) is 0 Å². The van der Waals surface area contributed by atoms with Crippen molar-refractivity contribution >= 4 is 11.7 Å². The molecule has 0 aromatic carbocycles. The van der Waals surface area contributed by atoms with Crippen molar-refractivity contribution in [2.24, 2.45) is 10.9 Å². The molecule has 0 bridgehead atoms. The molecule has 0 spiro atoms. The molecular formula is C12H24N4O4. The molecular weight excluding hydrogens is 264 g/mol. The van der Waals surface area contributed by atoms with Gasteiger partial charge in [-0.3, -0.25) is 4.79 Å². The summed E-state index contributed by atoms with van der Waals surface area (Å²) >= 11 is 0. The first kappa shape index (κ1) is 16.7. The van der Waals surface area contributed by atoms with E-state index in [9.17, 15) is 4.79 Å². The summed E-state index contributed by atoms with van der Waals surface area (Å²) in [6.07, 6.45) is 1.20. The number of likely N-dealkylation sites (tertiary alicyclic amines) is 1. The fraction of sp³-hybridized carbons (Fsp3) is 0.833. The second kappa shape index (κ2) is 8.03. The van der Waals surface area contributed by atoms with Gasteiger partial charge in [-0.05, 0) is 19.9 Å². The maximum atomic E-state index is 11.9. The van der Waals surface area contributed by atoms with E-state index < -0.39 is 5.54 Å². The number of oxime groups is 1. The molecule has 8 heteroatoms. The van der Waals surface area contributed by atoms with Gasteiger partial charge in [0.2, 0.25) is 5.91 Å². The monoisotopic (exact) mass is 288 g/mol. The first-order chi connectivity index (χ1) is 9.54. The molecule has 0 atom stereocenters. The van der Waals surface area contributed by atoms with Gasteiger partial charge in [0.05, 0.1) is 13.2 Å². The van der Waals surface area contributed by atoms with Gasteiger partial charge in [-0.2, -0.15) is 0 Å². The average Bonchev–Trinajstić information content (AvgIpc) is 2.45. The Balaban J connectivity index is 2.55. The van der Waals surface area contributed by atoms with Crippen molar-refractivity contribution in [1.29, 1.82) is 0 Å². The smallest absolute Gasteiger partial charge is 0.246 e. The van der Waals surface area contributed by atoms with Crippen LogP contribution in [0.3, 0.4) is 0 Å². The lowest BCUT2D eigenvalue weighted by Gasteiger charge is -2.40. The van der Waals surface area contributed by atoms with Crippen molar-refractivity contribution in [3.8, 4) is 0 Å². The lowest BCUT2D eigenvalue weighted by molar-refractivity contribution is -0.127. The molecule has 1 amide bonds. The average molecular weight is 288 g/mol. The molecule has 116 valence electrons. The lowest BCUT2D eigenvalue weighted by atomic mass is 9.86. The number of nitrogens with two attached hydrogens (primary N) is 1. The van der Waals surface area contributed by atoms with Gasteiger partial charge in [0.15, 0.2) is 5.84 Å². The maximum Gasteiger partial charge on any atom is 0.246 e. The third kappa shape index (κ3) is 4.62. The third-order valence-electron chi connectivity index (χ3n) is 3.48. The number of nitrogens with zero attached hydrogens (tertiary/aromatic N) is 2. The molecule has 0 aromatic heterocycles. The Morgan fingerprint density at radius 3 is 2.65 bits per heavy atom. The van der Waals surface area contributed by atoms with Crippen LogP contribution in [-0.4, -0.2) is 74.5 Å². The number of amidine groups is 1. The topological polar surface area (TPSA) is 109 Å². The van der Waals surface area contributed by atoms with E-state index in [-0.39, 0.29) is 18.3 Å². The second-order valence-electron chi connectivity index (χ2n) is 4.96. The number of ether oxygens (including phenoxy) is 2. The highest BCUT2D eigenvalue weighted by molar-refractivity contribution is 5.94. The van der Waals surface area contributed by atoms with Gasteiger partial charge in [-0.25, -0.2) is 0 Å². The summed E-state index contributed by atoms with van der Waals surface area (Å²) in [5.41, 5.74) is 4.97. The molecule has 0 aliphatic carbocycles. The minimum Gasteiger partial charge on any atom is -0.409 e. The summed E-state index contributed by atoms with van der Waals surface area (Å²) in [5, 5.41) is 14.8. The van der Waals surface area contributed by atoms with E-state index in [4.69, 9.17) is 20.4 Å². The van der Waals surface area contributed by atoms with Crippen molar-refractivity contribution < 1.29 is 19.5 Å². The SMILES string of the molecule is COCCOCC(=O)NC1(C(N)=NO)CCN(C)CC1. The van der Waals surface area contributed by atoms with E-state index in [0.717, 1.165) is 13.1 Å². The zero-order valence-corrected chi connectivity index (χ0v) is 12.1. The summed E-state index contributed by atoms with van der Waals surface area (Å²) < 4.78 is 9.99. The highest BCUT2D eigenvalue weighted by Crippen LogP contribution is 2.22. The van der Waals surface area contributed by atoms with E-state index in [2.05, 4.69) is 15.4 Å². The molecule has 1 aliphatic heterocycles. The van der Waals surface area contributed by atoms with E-state index >= 15 is 0 Å². The predicted octanol–water partition coefficient (Wildman–Crippen LogP) is -1.02. The van der Waals surface area contributed by atoms with Crippen LogP contribution < -0.4 is 11.1 Å². The zero-order chi connectivity index (χ0) is 15.0. The molecule has 8 nitrogen and oxygen atoms in total. The van der Waals surface area contributed by atoms with Crippen LogP contribution in [0.2, 0.25) is 0 Å². The van der Waals surface area contributed by atoms with E-state index in [1.165, 1.54) is 0 Å². The Hall–Kier alpha value is -1.38. The number of carbonyl (C=O) groups excluding carboxylic acids is 1. The van der Waals surface area contributed by atoms with Gasteiger partial charge in [0.25, 0.3) is 0 Å². The van der Waals surface area contributed by atoms with Gasteiger partial charge in [0, 0.05) is 20.2 Å². The predicted molar refractivity (Wildman–Crippen MR) is 73.7 cm³/mol. The molecule has 4 N–H and O–H groups in total. The largest absolute Gasteiger partial charge is 0.409 e. The lowest BCUT2D eigenvalue weighted by Crippen LogP contribution is -2.62. The highest BCUT2D eigenvalue weighted by atomic mass is 16.5. The van der Waals surface area contributed by atoms with Gasteiger partial charge >= 0.3 is 0 Å².